The van der Waals surface area contributed by atoms with Gasteiger partial charge in [0, 0.05) is 5.56 Å². The lowest BCUT2D eigenvalue weighted by Gasteiger charge is -2.18. The van der Waals surface area contributed by atoms with Gasteiger partial charge in [0.25, 0.3) is 0 Å². The molecule has 1 aliphatic rings. The maximum Gasteiger partial charge on any atom is 0.128 e. The number of hydrogen-bond acceptors (Lipinski definition) is 1. The van der Waals surface area contributed by atoms with Crippen molar-refractivity contribution < 1.29 is 4.74 Å². The minimum Gasteiger partial charge on any atom is -0.488 e. The molecule has 0 aliphatic heterocycles. The second-order valence-corrected chi connectivity index (χ2v) is 8.50. The first-order chi connectivity index (χ1) is 15.2. The first-order valence-corrected chi connectivity index (χ1v) is 11.3. The van der Waals surface area contributed by atoms with Crippen LogP contribution in [-0.4, -0.2) is 0 Å². The standard InChI is InChI=1S/C30H28O/c1-3-8-25-19-24-10-5-7-12-27(24)29(25)30-26-11-6-4-9-23(26)17-18-28(30)31-20-22-15-13-21(2)14-16-22/h4-7,9-18H,3,8,19-20H2,1-2H3. The van der Waals surface area contributed by atoms with Crippen molar-refractivity contribution in [3.05, 3.63) is 118 Å². The van der Waals surface area contributed by atoms with Crippen LogP contribution in [0.3, 0.4) is 0 Å². The van der Waals surface area contributed by atoms with Crippen LogP contribution < -0.4 is 4.74 Å². The number of hydrogen-bond donors (Lipinski definition) is 0. The smallest absolute Gasteiger partial charge is 0.128 e. The van der Waals surface area contributed by atoms with Gasteiger partial charge >= 0.3 is 0 Å². The van der Waals surface area contributed by atoms with Crippen molar-refractivity contribution in [2.24, 2.45) is 0 Å². The molecule has 0 atom stereocenters. The molecule has 0 N–H and O–H groups in total. The molecule has 154 valence electrons. The fourth-order valence-electron chi connectivity index (χ4n) is 4.73. The summed E-state index contributed by atoms with van der Waals surface area (Å²) in [4.78, 5) is 0. The van der Waals surface area contributed by atoms with E-state index >= 15 is 0 Å². The van der Waals surface area contributed by atoms with Gasteiger partial charge in [-0.25, -0.2) is 0 Å². The maximum atomic E-state index is 6.49. The van der Waals surface area contributed by atoms with Crippen LogP contribution in [0.4, 0.5) is 0 Å². The third-order valence-corrected chi connectivity index (χ3v) is 6.25. The Morgan fingerprint density at radius 1 is 0.806 bits per heavy atom. The average molecular weight is 405 g/mol. The van der Waals surface area contributed by atoms with Crippen LogP contribution in [0.15, 0.2) is 90.5 Å². The highest BCUT2D eigenvalue weighted by molar-refractivity contribution is 6.02. The molecule has 4 aromatic rings. The van der Waals surface area contributed by atoms with Crippen molar-refractivity contribution in [3.63, 3.8) is 0 Å². The van der Waals surface area contributed by atoms with Gasteiger partial charge in [0.15, 0.2) is 0 Å². The summed E-state index contributed by atoms with van der Waals surface area (Å²) < 4.78 is 6.49. The highest BCUT2D eigenvalue weighted by atomic mass is 16.5. The molecule has 0 fully saturated rings. The summed E-state index contributed by atoms with van der Waals surface area (Å²) in [7, 11) is 0. The summed E-state index contributed by atoms with van der Waals surface area (Å²) in [5, 5.41) is 2.53. The quantitative estimate of drug-likeness (QED) is 0.317. The Kier molecular flexibility index (Phi) is 5.34. The van der Waals surface area contributed by atoms with Gasteiger partial charge in [0.2, 0.25) is 0 Å². The molecule has 5 rings (SSSR count). The molecule has 1 nitrogen and oxygen atoms in total. The van der Waals surface area contributed by atoms with Gasteiger partial charge in [-0.1, -0.05) is 103 Å². The van der Waals surface area contributed by atoms with E-state index in [1.165, 1.54) is 49.7 Å². The molecular weight excluding hydrogens is 376 g/mol. The minimum atomic E-state index is 0.573. The molecule has 0 bridgehead atoms. The van der Waals surface area contributed by atoms with Crippen molar-refractivity contribution in [3.8, 4) is 5.75 Å². The van der Waals surface area contributed by atoms with Gasteiger partial charge in [0.1, 0.15) is 12.4 Å². The van der Waals surface area contributed by atoms with Gasteiger partial charge in [-0.2, -0.15) is 0 Å². The third-order valence-electron chi connectivity index (χ3n) is 6.25. The van der Waals surface area contributed by atoms with Gasteiger partial charge in [0.05, 0.1) is 0 Å². The summed E-state index contributed by atoms with van der Waals surface area (Å²) >= 11 is 0. The predicted octanol–water partition coefficient (Wildman–Crippen LogP) is 7.89. The Balaban J connectivity index is 1.66. The van der Waals surface area contributed by atoms with Crippen LogP contribution in [0.1, 0.15) is 47.6 Å². The Morgan fingerprint density at radius 2 is 1.58 bits per heavy atom. The molecule has 0 unspecified atom stereocenters. The molecule has 0 saturated carbocycles. The SMILES string of the molecule is CCCC1=C(c2c(OCc3ccc(C)cc3)ccc3ccccc23)c2ccccc2C1. The maximum absolute atomic E-state index is 6.49. The normalized spacial score (nSPS) is 13.0. The molecule has 0 heterocycles. The zero-order chi connectivity index (χ0) is 21.2. The van der Waals surface area contributed by atoms with E-state index in [1.54, 1.807) is 0 Å². The van der Waals surface area contributed by atoms with Crippen molar-refractivity contribution in [1.82, 2.24) is 0 Å². The van der Waals surface area contributed by atoms with E-state index in [1.807, 2.05) is 0 Å². The highest BCUT2D eigenvalue weighted by Crippen LogP contribution is 2.45. The zero-order valence-corrected chi connectivity index (χ0v) is 18.3. The van der Waals surface area contributed by atoms with Crippen LogP contribution in [0, 0.1) is 6.92 Å². The Hall–Kier alpha value is -3.32. The molecule has 0 amide bonds. The van der Waals surface area contributed by atoms with Crippen molar-refractivity contribution >= 4 is 16.3 Å². The average Bonchev–Trinajstić information content (AvgIpc) is 3.16. The number of allylic oxidation sites excluding steroid dienone is 1. The topological polar surface area (TPSA) is 9.23 Å². The van der Waals surface area contributed by atoms with Crippen molar-refractivity contribution in [2.75, 3.05) is 0 Å². The first kappa shape index (κ1) is 19.6. The Bertz CT molecular complexity index is 1260. The highest BCUT2D eigenvalue weighted by Gasteiger charge is 2.25. The lowest BCUT2D eigenvalue weighted by Crippen LogP contribution is -2.01. The van der Waals surface area contributed by atoms with Crippen LogP contribution >= 0.6 is 0 Å². The molecule has 0 spiro atoms. The second kappa shape index (κ2) is 8.43. The summed E-state index contributed by atoms with van der Waals surface area (Å²) in [5.41, 5.74) is 9.42. The monoisotopic (exact) mass is 404 g/mol. The summed E-state index contributed by atoms with van der Waals surface area (Å²) in [6, 6.07) is 30.5. The van der Waals surface area contributed by atoms with E-state index in [4.69, 9.17) is 4.74 Å². The molecule has 0 aromatic heterocycles. The zero-order valence-electron chi connectivity index (χ0n) is 18.3. The number of rotatable bonds is 6. The van der Waals surface area contributed by atoms with Crippen molar-refractivity contribution in [1.29, 1.82) is 0 Å². The lowest BCUT2D eigenvalue weighted by molar-refractivity contribution is 0.306. The number of ether oxygens (including phenoxy) is 1. The molecule has 4 aromatic carbocycles. The van der Waals surface area contributed by atoms with Crippen molar-refractivity contribution in [2.45, 2.75) is 39.7 Å². The summed E-state index contributed by atoms with van der Waals surface area (Å²) in [6.07, 6.45) is 3.31. The number of fused-ring (bicyclic) bond motifs is 2. The van der Waals surface area contributed by atoms with E-state index in [2.05, 4.69) is 98.8 Å². The van der Waals surface area contributed by atoms with Gasteiger partial charge in [-0.05, 0) is 58.9 Å². The molecule has 1 aliphatic carbocycles. The van der Waals surface area contributed by atoms with Gasteiger partial charge < -0.3 is 4.74 Å². The van der Waals surface area contributed by atoms with Gasteiger partial charge in [-0.15, -0.1) is 0 Å². The fraction of sp³-hybridized carbons (Fsp3) is 0.200. The first-order valence-electron chi connectivity index (χ1n) is 11.3. The fourth-order valence-corrected chi connectivity index (χ4v) is 4.73. The second-order valence-electron chi connectivity index (χ2n) is 8.50. The summed E-state index contributed by atoms with van der Waals surface area (Å²) in [6.45, 7) is 4.96. The Morgan fingerprint density at radius 3 is 2.42 bits per heavy atom. The number of aryl methyl sites for hydroxylation is 1. The van der Waals surface area contributed by atoms with E-state index in [9.17, 15) is 0 Å². The van der Waals surface area contributed by atoms with Crippen LogP contribution in [0.25, 0.3) is 16.3 Å². The van der Waals surface area contributed by atoms with Crippen LogP contribution in [-0.2, 0) is 13.0 Å². The number of benzene rings is 4. The van der Waals surface area contributed by atoms with E-state index in [0.29, 0.717) is 6.61 Å². The van der Waals surface area contributed by atoms with Crippen LogP contribution in [0.5, 0.6) is 5.75 Å². The lowest BCUT2D eigenvalue weighted by atomic mass is 9.91. The van der Waals surface area contributed by atoms with E-state index < -0.39 is 0 Å². The predicted molar refractivity (Wildman–Crippen MR) is 131 cm³/mol. The van der Waals surface area contributed by atoms with E-state index in [-0.39, 0.29) is 0 Å². The molecule has 0 radical (unpaired) electrons. The molecule has 0 saturated heterocycles. The van der Waals surface area contributed by atoms with Gasteiger partial charge in [-0.3, -0.25) is 0 Å². The van der Waals surface area contributed by atoms with Crippen LogP contribution in [0.2, 0.25) is 0 Å². The molecular formula is C30H28O. The van der Waals surface area contributed by atoms with E-state index in [0.717, 1.165) is 25.0 Å². The largest absolute Gasteiger partial charge is 0.488 e. The molecule has 31 heavy (non-hydrogen) atoms. The molecule has 1 heteroatoms. The summed E-state index contributed by atoms with van der Waals surface area (Å²) in [5.74, 6) is 0.972. The minimum absolute atomic E-state index is 0.573. The Labute approximate surface area is 185 Å². The third kappa shape index (κ3) is 3.77.